The Balaban J connectivity index is 1.94. The van der Waals surface area contributed by atoms with Gasteiger partial charge < -0.3 is 4.90 Å². The SMILES string of the molecule is Cc1ccc(S(=O)(=O)N2CCCCC2c2ccc(N(C)C)nc2)cc1. The molecule has 134 valence electrons. The van der Waals surface area contributed by atoms with Crippen molar-refractivity contribution in [3.63, 3.8) is 0 Å². The average molecular weight is 359 g/mol. The Hall–Kier alpha value is -1.92. The minimum absolute atomic E-state index is 0.149. The van der Waals surface area contributed by atoms with E-state index in [0.717, 1.165) is 36.2 Å². The maximum absolute atomic E-state index is 13.2. The van der Waals surface area contributed by atoms with Gasteiger partial charge in [0.25, 0.3) is 0 Å². The molecule has 1 aliphatic heterocycles. The number of rotatable bonds is 4. The molecule has 0 saturated carbocycles. The summed E-state index contributed by atoms with van der Waals surface area (Å²) in [5.41, 5.74) is 2.01. The molecular formula is C19H25N3O2S. The number of aromatic nitrogens is 1. The van der Waals surface area contributed by atoms with Gasteiger partial charge >= 0.3 is 0 Å². The van der Waals surface area contributed by atoms with Crippen LogP contribution in [-0.2, 0) is 10.0 Å². The van der Waals surface area contributed by atoms with Crippen molar-refractivity contribution in [2.24, 2.45) is 0 Å². The van der Waals surface area contributed by atoms with Crippen molar-refractivity contribution in [3.05, 3.63) is 53.7 Å². The number of nitrogens with zero attached hydrogens (tertiary/aromatic N) is 3. The minimum Gasteiger partial charge on any atom is -0.363 e. The number of anilines is 1. The highest BCUT2D eigenvalue weighted by atomic mass is 32.2. The maximum Gasteiger partial charge on any atom is 0.243 e. The fourth-order valence-electron chi connectivity index (χ4n) is 3.23. The fourth-order valence-corrected chi connectivity index (χ4v) is 4.91. The topological polar surface area (TPSA) is 53.5 Å². The lowest BCUT2D eigenvalue weighted by Gasteiger charge is -2.35. The first kappa shape index (κ1) is 17.9. The Bertz CT molecular complexity index is 815. The number of sulfonamides is 1. The minimum atomic E-state index is -3.51. The Morgan fingerprint density at radius 3 is 2.40 bits per heavy atom. The molecule has 2 aromatic rings. The predicted octanol–water partition coefficient (Wildman–Crippen LogP) is 3.37. The molecule has 1 unspecified atom stereocenters. The van der Waals surface area contributed by atoms with E-state index >= 15 is 0 Å². The molecule has 3 rings (SSSR count). The van der Waals surface area contributed by atoms with Crippen LogP contribution in [0, 0.1) is 6.92 Å². The molecule has 0 bridgehead atoms. The molecule has 1 atom stereocenters. The lowest BCUT2D eigenvalue weighted by Crippen LogP contribution is -2.38. The van der Waals surface area contributed by atoms with Crippen molar-refractivity contribution in [1.29, 1.82) is 0 Å². The van der Waals surface area contributed by atoms with Crippen LogP contribution in [0.1, 0.15) is 36.4 Å². The highest BCUT2D eigenvalue weighted by Crippen LogP contribution is 2.35. The predicted molar refractivity (Wildman–Crippen MR) is 100 cm³/mol. The zero-order chi connectivity index (χ0) is 18.0. The van der Waals surface area contributed by atoms with Crippen LogP contribution in [0.5, 0.6) is 0 Å². The lowest BCUT2D eigenvalue weighted by molar-refractivity contribution is 0.255. The Kier molecular flexibility index (Phi) is 5.11. The second kappa shape index (κ2) is 7.14. The number of pyridine rings is 1. The summed E-state index contributed by atoms with van der Waals surface area (Å²) >= 11 is 0. The van der Waals surface area contributed by atoms with Crippen molar-refractivity contribution >= 4 is 15.8 Å². The van der Waals surface area contributed by atoms with E-state index in [1.807, 2.05) is 56.4 Å². The molecule has 1 aliphatic rings. The Morgan fingerprint density at radius 2 is 1.80 bits per heavy atom. The molecule has 5 nitrogen and oxygen atoms in total. The van der Waals surface area contributed by atoms with Crippen molar-refractivity contribution < 1.29 is 8.42 Å². The van der Waals surface area contributed by atoms with Crippen LogP contribution in [0.3, 0.4) is 0 Å². The van der Waals surface area contributed by atoms with E-state index in [1.165, 1.54) is 0 Å². The zero-order valence-electron chi connectivity index (χ0n) is 15.0. The summed E-state index contributed by atoms with van der Waals surface area (Å²) in [6, 6.07) is 10.9. The van der Waals surface area contributed by atoms with Crippen LogP contribution in [0.2, 0.25) is 0 Å². The summed E-state index contributed by atoms with van der Waals surface area (Å²) in [5, 5.41) is 0. The normalized spacial score (nSPS) is 18.9. The second-order valence-corrected chi connectivity index (χ2v) is 8.68. The summed E-state index contributed by atoms with van der Waals surface area (Å²) in [4.78, 5) is 6.76. The molecule has 0 amide bonds. The van der Waals surface area contributed by atoms with Crippen molar-refractivity contribution in [1.82, 2.24) is 9.29 Å². The van der Waals surface area contributed by atoms with Crippen molar-refractivity contribution in [2.75, 3.05) is 25.5 Å². The first-order valence-electron chi connectivity index (χ1n) is 8.61. The van der Waals surface area contributed by atoms with Gasteiger partial charge in [-0.15, -0.1) is 0 Å². The summed E-state index contributed by atoms with van der Waals surface area (Å²) in [7, 11) is 0.375. The van der Waals surface area contributed by atoms with Crippen molar-refractivity contribution in [2.45, 2.75) is 37.1 Å². The summed E-state index contributed by atoms with van der Waals surface area (Å²) < 4.78 is 28.0. The number of aryl methyl sites for hydroxylation is 1. The quantitative estimate of drug-likeness (QED) is 0.840. The van der Waals surface area contributed by atoms with Gasteiger partial charge in [-0.05, 0) is 43.5 Å². The van der Waals surface area contributed by atoms with Crippen LogP contribution in [0.15, 0.2) is 47.5 Å². The van der Waals surface area contributed by atoms with E-state index in [4.69, 9.17) is 0 Å². The van der Waals surface area contributed by atoms with E-state index in [9.17, 15) is 8.42 Å². The third kappa shape index (κ3) is 3.70. The zero-order valence-corrected chi connectivity index (χ0v) is 15.8. The maximum atomic E-state index is 13.2. The van der Waals surface area contributed by atoms with Gasteiger partial charge in [0, 0.05) is 26.8 Å². The molecule has 2 heterocycles. The van der Waals surface area contributed by atoms with Crippen LogP contribution in [0.25, 0.3) is 0 Å². The van der Waals surface area contributed by atoms with E-state index in [0.29, 0.717) is 11.4 Å². The monoisotopic (exact) mass is 359 g/mol. The first-order valence-corrected chi connectivity index (χ1v) is 10.1. The molecular weight excluding hydrogens is 334 g/mol. The molecule has 0 N–H and O–H groups in total. The lowest BCUT2D eigenvalue weighted by atomic mass is 9.99. The van der Waals surface area contributed by atoms with E-state index in [-0.39, 0.29) is 6.04 Å². The second-order valence-electron chi connectivity index (χ2n) is 6.78. The standard InChI is InChI=1S/C19H25N3O2S/c1-15-7-10-17(11-8-15)25(23,24)22-13-5-4-6-18(22)16-9-12-19(20-14-16)21(2)3/h7-12,14,18H,4-6,13H2,1-3H3. The molecule has 1 aromatic heterocycles. The highest BCUT2D eigenvalue weighted by Gasteiger charge is 2.34. The molecule has 1 aromatic carbocycles. The van der Waals surface area contributed by atoms with Crippen LogP contribution in [0.4, 0.5) is 5.82 Å². The number of benzene rings is 1. The van der Waals surface area contributed by atoms with Gasteiger partial charge in [0.2, 0.25) is 10.0 Å². The molecule has 1 fully saturated rings. The largest absolute Gasteiger partial charge is 0.363 e. The van der Waals surface area contributed by atoms with Crippen LogP contribution < -0.4 is 4.90 Å². The third-order valence-electron chi connectivity index (χ3n) is 4.69. The Labute approximate surface area is 150 Å². The Morgan fingerprint density at radius 1 is 1.08 bits per heavy atom. The van der Waals surface area contributed by atoms with Gasteiger partial charge in [-0.1, -0.05) is 30.2 Å². The summed E-state index contributed by atoms with van der Waals surface area (Å²) in [6.45, 7) is 2.51. The van der Waals surface area contributed by atoms with Gasteiger partial charge in [-0.3, -0.25) is 0 Å². The fraction of sp³-hybridized carbons (Fsp3) is 0.421. The first-order chi connectivity index (χ1) is 11.9. The molecule has 6 heteroatoms. The number of piperidine rings is 1. The van der Waals surface area contributed by atoms with E-state index in [2.05, 4.69) is 4.98 Å². The molecule has 25 heavy (non-hydrogen) atoms. The molecule has 0 radical (unpaired) electrons. The number of hydrogen-bond acceptors (Lipinski definition) is 4. The molecule has 0 aliphatic carbocycles. The molecule has 0 spiro atoms. The number of hydrogen-bond donors (Lipinski definition) is 0. The van der Waals surface area contributed by atoms with Gasteiger partial charge in [0.15, 0.2) is 0 Å². The smallest absolute Gasteiger partial charge is 0.243 e. The summed E-state index contributed by atoms with van der Waals surface area (Å²) in [6.07, 6.45) is 4.56. The van der Waals surface area contributed by atoms with E-state index in [1.54, 1.807) is 16.4 Å². The van der Waals surface area contributed by atoms with Gasteiger partial charge in [-0.25, -0.2) is 13.4 Å². The average Bonchev–Trinajstić information content (AvgIpc) is 2.62. The summed E-state index contributed by atoms with van der Waals surface area (Å²) in [5.74, 6) is 0.868. The van der Waals surface area contributed by atoms with Crippen LogP contribution >= 0.6 is 0 Å². The van der Waals surface area contributed by atoms with Crippen LogP contribution in [-0.4, -0.2) is 38.3 Å². The molecule has 1 saturated heterocycles. The highest BCUT2D eigenvalue weighted by molar-refractivity contribution is 7.89. The van der Waals surface area contributed by atoms with Gasteiger partial charge in [-0.2, -0.15) is 4.31 Å². The van der Waals surface area contributed by atoms with Gasteiger partial charge in [0.1, 0.15) is 5.82 Å². The van der Waals surface area contributed by atoms with E-state index < -0.39 is 10.0 Å². The van der Waals surface area contributed by atoms with Gasteiger partial charge in [0.05, 0.1) is 10.9 Å². The third-order valence-corrected chi connectivity index (χ3v) is 6.62. The van der Waals surface area contributed by atoms with Crippen molar-refractivity contribution in [3.8, 4) is 0 Å².